The van der Waals surface area contributed by atoms with Crippen LogP contribution >= 0.6 is 11.6 Å². The van der Waals surface area contributed by atoms with Crippen molar-refractivity contribution in [1.29, 1.82) is 0 Å². The van der Waals surface area contributed by atoms with Gasteiger partial charge in [0.2, 0.25) is 0 Å². The van der Waals surface area contributed by atoms with Crippen LogP contribution in [0.25, 0.3) is 0 Å². The molecule has 1 fully saturated rings. The van der Waals surface area contributed by atoms with Crippen molar-refractivity contribution in [3.05, 3.63) is 34.6 Å². The summed E-state index contributed by atoms with van der Waals surface area (Å²) in [6, 6.07) is 5.91. The van der Waals surface area contributed by atoms with E-state index in [9.17, 15) is 4.39 Å². The molecule has 0 spiro atoms. The first kappa shape index (κ1) is 12.8. The van der Waals surface area contributed by atoms with Crippen molar-refractivity contribution in [3.8, 4) is 0 Å². The summed E-state index contributed by atoms with van der Waals surface area (Å²) in [5.74, 6) is 0.355. The third-order valence-electron chi connectivity index (χ3n) is 3.57. The van der Waals surface area contributed by atoms with Crippen molar-refractivity contribution >= 4 is 11.6 Å². The molecule has 1 aliphatic rings. The lowest BCUT2D eigenvalue weighted by molar-refractivity contribution is 0.484. The van der Waals surface area contributed by atoms with Crippen LogP contribution in [0.15, 0.2) is 18.2 Å². The van der Waals surface area contributed by atoms with E-state index in [0.717, 1.165) is 24.9 Å². The van der Waals surface area contributed by atoms with Crippen LogP contribution in [0.2, 0.25) is 5.02 Å². The molecule has 2 atom stereocenters. The number of nitrogens with one attached hydrogen (secondary N) is 1. The second kappa shape index (κ2) is 5.83. The molecular weight excluding hydrogens is 237 g/mol. The van der Waals surface area contributed by atoms with E-state index in [2.05, 4.69) is 12.2 Å². The van der Waals surface area contributed by atoms with Gasteiger partial charge in [-0.25, -0.2) is 4.39 Å². The SMILES string of the molecule is CCNC1CCC(Cc2cccc(Cl)c2F)C1. The predicted molar refractivity (Wildman–Crippen MR) is 69.9 cm³/mol. The largest absolute Gasteiger partial charge is 0.314 e. The van der Waals surface area contributed by atoms with Crippen LogP contribution in [-0.4, -0.2) is 12.6 Å². The Kier molecular flexibility index (Phi) is 4.41. The summed E-state index contributed by atoms with van der Waals surface area (Å²) in [4.78, 5) is 0. The van der Waals surface area contributed by atoms with Gasteiger partial charge in [-0.1, -0.05) is 30.7 Å². The first-order valence-electron chi connectivity index (χ1n) is 6.37. The average molecular weight is 256 g/mol. The summed E-state index contributed by atoms with van der Waals surface area (Å²) in [7, 11) is 0. The predicted octanol–water partition coefficient (Wildman–Crippen LogP) is 3.80. The van der Waals surface area contributed by atoms with Gasteiger partial charge in [0.05, 0.1) is 5.02 Å². The van der Waals surface area contributed by atoms with Gasteiger partial charge >= 0.3 is 0 Å². The lowest BCUT2D eigenvalue weighted by atomic mass is 9.97. The molecule has 2 unspecified atom stereocenters. The third kappa shape index (κ3) is 3.20. The van der Waals surface area contributed by atoms with Gasteiger partial charge in [-0.15, -0.1) is 0 Å². The van der Waals surface area contributed by atoms with Crippen molar-refractivity contribution in [2.75, 3.05) is 6.54 Å². The number of benzene rings is 1. The van der Waals surface area contributed by atoms with Gasteiger partial charge in [0, 0.05) is 6.04 Å². The fourth-order valence-corrected chi connectivity index (χ4v) is 2.95. The van der Waals surface area contributed by atoms with E-state index in [1.54, 1.807) is 6.07 Å². The van der Waals surface area contributed by atoms with E-state index < -0.39 is 0 Å². The van der Waals surface area contributed by atoms with Gasteiger partial charge in [0.15, 0.2) is 0 Å². The molecule has 1 aliphatic carbocycles. The van der Waals surface area contributed by atoms with Crippen LogP contribution in [0.5, 0.6) is 0 Å². The highest BCUT2D eigenvalue weighted by Gasteiger charge is 2.24. The summed E-state index contributed by atoms with van der Waals surface area (Å²) >= 11 is 5.79. The molecule has 1 saturated carbocycles. The van der Waals surface area contributed by atoms with E-state index in [0.29, 0.717) is 12.0 Å². The zero-order chi connectivity index (χ0) is 12.3. The van der Waals surface area contributed by atoms with Crippen LogP contribution in [0.3, 0.4) is 0 Å². The number of hydrogen-bond donors (Lipinski definition) is 1. The smallest absolute Gasteiger partial charge is 0.144 e. The van der Waals surface area contributed by atoms with E-state index >= 15 is 0 Å². The quantitative estimate of drug-likeness (QED) is 0.863. The van der Waals surface area contributed by atoms with Crippen LogP contribution in [0, 0.1) is 11.7 Å². The third-order valence-corrected chi connectivity index (χ3v) is 3.87. The van der Waals surface area contributed by atoms with Crippen LogP contribution in [0.1, 0.15) is 31.7 Å². The first-order valence-corrected chi connectivity index (χ1v) is 6.74. The Hall–Kier alpha value is -0.600. The molecule has 0 heterocycles. The summed E-state index contributed by atoms with van der Waals surface area (Å²) in [5.41, 5.74) is 0.764. The number of halogens is 2. The molecule has 0 radical (unpaired) electrons. The second-order valence-electron chi connectivity index (χ2n) is 4.85. The highest BCUT2D eigenvalue weighted by Crippen LogP contribution is 2.30. The van der Waals surface area contributed by atoms with Crippen molar-refractivity contribution in [2.45, 2.75) is 38.6 Å². The minimum Gasteiger partial charge on any atom is -0.314 e. The summed E-state index contributed by atoms with van der Waals surface area (Å²) in [6.07, 6.45) is 4.36. The maximum Gasteiger partial charge on any atom is 0.144 e. The Morgan fingerprint density at radius 1 is 1.41 bits per heavy atom. The van der Waals surface area contributed by atoms with Crippen molar-refractivity contribution < 1.29 is 4.39 Å². The molecular formula is C14H19ClFN. The van der Waals surface area contributed by atoms with E-state index in [1.807, 2.05) is 12.1 Å². The summed E-state index contributed by atoms with van der Waals surface area (Å²) in [5, 5.41) is 3.71. The Labute approximate surface area is 107 Å². The van der Waals surface area contributed by atoms with E-state index in [-0.39, 0.29) is 10.8 Å². The molecule has 94 valence electrons. The molecule has 17 heavy (non-hydrogen) atoms. The summed E-state index contributed by atoms with van der Waals surface area (Å²) < 4.78 is 13.8. The molecule has 0 saturated heterocycles. The highest BCUT2D eigenvalue weighted by molar-refractivity contribution is 6.30. The summed E-state index contributed by atoms with van der Waals surface area (Å²) in [6.45, 7) is 3.15. The molecule has 1 nitrogen and oxygen atoms in total. The van der Waals surface area contributed by atoms with Crippen molar-refractivity contribution in [2.24, 2.45) is 5.92 Å². The van der Waals surface area contributed by atoms with Gasteiger partial charge < -0.3 is 5.32 Å². The molecule has 0 amide bonds. The standard InChI is InChI=1S/C14H19ClFN/c1-2-17-12-7-6-10(9-12)8-11-4-3-5-13(15)14(11)16/h3-5,10,12,17H,2,6-9H2,1H3. The fraction of sp³-hybridized carbons (Fsp3) is 0.571. The van der Waals surface area contributed by atoms with Crippen molar-refractivity contribution in [3.63, 3.8) is 0 Å². The monoisotopic (exact) mass is 255 g/mol. The normalized spacial score (nSPS) is 24.2. The van der Waals surface area contributed by atoms with E-state index in [1.165, 1.54) is 12.8 Å². The minimum absolute atomic E-state index is 0.235. The van der Waals surface area contributed by atoms with Gasteiger partial charge in [-0.3, -0.25) is 0 Å². The van der Waals surface area contributed by atoms with E-state index in [4.69, 9.17) is 11.6 Å². The molecule has 0 aromatic heterocycles. The van der Waals surface area contributed by atoms with Crippen LogP contribution in [0.4, 0.5) is 4.39 Å². The maximum absolute atomic E-state index is 13.8. The molecule has 1 N–H and O–H groups in total. The van der Waals surface area contributed by atoms with Crippen molar-refractivity contribution in [1.82, 2.24) is 5.32 Å². The maximum atomic E-state index is 13.8. The van der Waals surface area contributed by atoms with Crippen LogP contribution < -0.4 is 5.32 Å². The lowest BCUT2D eigenvalue weighted by Gasteiger charge is -2.12. The second-order valence-corrected chi connectivity index (χ2v) is 5.26. The molecule has 1 aromatic rings. The topological polar surface area (TPSA) is 12.0 Å². The Morgan fingerprint density at radius 3 is 3.00 bits per heavy atom. The zero-order valence-electron chi connectivity index (χ0n) is 10.2. The Morgan fingerprint density at radius 2 is 2.24 bits per heavy atom. The van der Waals surface area contributed by atoms with Gasteiger partial charge in [-0.05, 0) is 49.8 Å². The molecule has 2 rings (SSSR count). The minimum atomic E-state index is -0.235. The highest BCUT2D eigenvalue weighted by atomic mass is 35.5. The van der Waals surface area contributed by atoms with Gasteiger partial charge in [0.1, 0.15) is 5.82 Å². The Balaban J connectivity index is 1.96. The zero-order valence-corrected chi connectivity index (χ0v) is 10.9. The van der Waals surface area contributed by atoms with Gasteiger partial charge in [0.25, 0.3) is 0 Å². The van der Waals surface area contributed by atoms with Crippen LogP contribution in [-0.2, 0) is 6.42 Å². The lowest BCUT2D eigenvalue weighted by Crippen LogP contribution is -2.25. The molecule has 0 aliphatic heterocycles. The number of hydrogen-bond acceptors (Lipinski definition) is 1. The Bertz CT molecular complexity index is 380. The molecule has 0 bridgehead atoms. The fourth-order valence-electron chi connectivity index (χ4n) is 2.75. The first-order chi connectivity index (χ1) is 8.20. The average Bonchev–Trinajstić information content (AvgIpc) is 2.73. The molecule has 1 aromatic carbocycles. The number of rotatable bonds is 4. The van der Waals surface area contributed by atoms with Gasteiger partial charge in [-0.2, -0.15) is 0 Å². The molecule has 3 heteroatoms.